The van der Waals surface area contributed by atoms with Crippen LogP contribution in [0.5, 0.6) is 0 Å². The number of nitrogens with zero attached hydrogens (tertiary/aromatic N) is 4. The summed E-state index contributed by atoms with van der Waals surface area (Å²) in [6, 6.07) is 4.66. The fourth-order valence-corrected chi connectivity index (χ4v) is 2.02. The molecule has 0 saturated carbocycles. The van der Waals surface area contributed by atoms with Gasteiger partial charge in [-0.15, -0.1) is 10.2 Å². The van der Waals surface area contributed by atoms with Crippen molar-refractivity contribution in [3.8, 4) is 0 Å². The van der Waals surface area contributed by atoms with Crippen molar-refractivity contribution in [2.24, 2.45) is 5.10 Å². The van der Waals surface area contributed by atoms with Gasteiger partial charge in [0.1, 0.15) is 5.69 Å². The third-order valence-corrected chi connectivity index (χ3v) is 3.31. The van der Waals surface area contributed by atoms with Crippen molar-refractivity contribution >= 4 is 18.0 Å². The van der Waals surface area contributed by atoms with Crippen LogP contribution in [0.25, 0.3) is 0 Å². The van der Waals surface area contributed by atoms with Crippen LogP contribution in [0, 0.1) is 6.92 Å². The third-order valence-electron chi connectivity index (χ3n) is 2.69. The Hall–Kier alpha value is -2.16. The molecule has 0 bridgehead atoms. The van der Waals surface area contributed by atoms with E-state index in [-0.39, 0.29) is 16.4 Å². The lowest BCUT2D eigenvalue weighted by Gasteiger charge is -2.07. The zero-order valence-corrected chi connectivity index (χ0v) is 12.4. The summed E-state index contributed by atoms with van der Waals surface area (Å²) in [4.78, 5) is 11.9. The molecule has 1 aromatic heterocycles. The first-order valence-electron chi connectivity index (χ1n) is 6.05. The van der Waals surface area contributed by atoms with E-state index in [2.05, 4.69) is 15.3 Å². The summed E-state index contributed by atoms with van der Waals surface area (Å²) in [5.41, 5.74) is -0.872. The minimum absolute atomic E-state index is 0.152. The molecule has 9 heteroatoms. The second kappa shape index (κ2) is 6.30. The van der Waals surface area contributed by atoms with Gasteiger partial charge in [-0.1, -0.05) is 23.9 Å². The average Bonchev–Trinajstić information content (AvgIpc) is 2.48. The molecular formula is C13H11F3N4OS. The maximum Gasteiger partial charge on any atom is 0.416 e. The van der Waals surface area contributed by atoms with Crippen molar-refractivity contribution in [1.29, 1.82) is 0 Å². The summed E-state index contributed by atoms with van der Waals surface area (Å²) in [7, 11) is 0. The highest BCUT2D eigenvalue weighted by atomic mass is 32.2. The van der Waals surface area contributed by atoms with Gasteiger partial charge in [-0.05, 0) is 30.9 Å². The third kappa shape index (κ3) is 3.53. The molecule has 0 radical (unpaired) electrons. The molecule has 0 atom stereocenters. The van der Waals surface area contributed by atoms with Crippen molar-refractivity contribution in [2.45, 2.75) is 18.3 Å². The summed E-state index contributed by atoms with van der Waals surface area (Å²) >= 11 is 1.16. The second-order valence-corrected chi connectivity index (χ2v) is 5.03. The summed E-state index contributed by atoms with van der Waals surface area (Å²) in [6.45, 7) is 1.48. The predicted octanol–water partition coefficient (Wildman–Crippen LogP) is 2.57. The fourth-order valence-electron chi connectivity index (χ4n) is 1.59. The maximum atomic E-state index is 12.6. The first kappa shape index (κ1) is 16.2. The van der Waals surface area contributed by atoms with Gasteiger partial charge in [-0.3, -0.25) is 4.79 Å². The van der Waals surface area contributed by atoms with E-state index in [1.165, 1.54) is 25.3 Å². The molecule has 5 nitrogen and oxygen atoms in total. The Balaban J connectivity index is 2.42. The molecule has 0 saturated heterocycles. The molecule has 0 unspecified atom stereocenters. The van der Waals surface area contributed by atoms with Gasteiger partial charge in [-0.2, -0.15) is 22.9 Å². The van der Waals surface area contributed by atoms with Crippen molar-refractivity contribution < 1.29 is 13.2 Å². The zero-order chi connectivity index (χ0) is 16.3. The van der Waals surface area contributed by atoms with E-state index in [0.29, 0.717) is 0 Å². The molecule has 0 aliphatic rings. The topological polar surface area (TPSA) is 60.1 Å². The van der Waals surface area contributed by atoms with Crippen molar-refractivity contribution in [2.75, 3.05) is 6.26 Å². The molecule has 0 aliphatic carbocycles. The quantitative estimate of drug-likeness (QED) is 0.642. The van der Waals surface area contributed by atoms with Crippen molar-refractivity contribution in [3.63, 3.8) is 0 Å². The lowest BCUT2D eigenvalue weighted by Crippen LogP contribution is -2.23. The van der Waals surface area contributed by atoms with E-state index in [4.69, 9.17) is 0 Å². The molecule has 0 amide bonds. The second-order valence-electron chi connectivity index (χ2n) is 4.26. The van der Waals surface area contributed by atoms with Gasteiger partial charge in [0.2, 0.25) is 5.16 Å². The number of alkyl halides is 3. The van der Waals surface area contributed by atoms with E-state index in [0.717, 1.165) is 28.6 Å². The van der Waals surface area contributed by atoms with Crippen LogP contribution in [0.1, 0.15) is 16.8 Å². The molecule has 0 fully saturated rings. The summed E-state index contributed by atoms with van der Waals surface area (Å²) in [5, 5.41) is 11.7. The number of halogens is 3. The van der Waals surface area contributed by atoms with Crippen molar-refractivity contribution in [3.05, 3.63) is 51.4 Å². The van der Waals surface area contributed by atoms with Crippen LogP contribution in [0.15, 0.2) is 39.3 Å². The first-order chi connectivity index (χ1) is 10.3. The lowest BCUT2D eigenvalue weighted by molar-refractivity contribution is -0.137. The van der Waals surface area contributed by atoms with E-state index >= 15 is 0 Å². The molecule has 1 aromatic carbocycles. The van der Waals surface area contributed by atoms with Gasteiger partial charge >= 0.3 is 6.18 Å². The minimum atomic E-state index is -4.43. The lowest BCUT2D eigenvalue weighted by atomic mass is 10.1. The van der Waals surface area contributed by atoms with Gasteiger partial charge in [0.15, 0.2) is 0 Å². The standard InChI is InChI=1S/C13H11F3N4OS/c1-8-11(21)20(12(22-2)19-18-8)17-7-9-4-3-5-10(6-9)13(14,15)16/h3-7H,1-2H3/b17-7-. The molecule has 0 spiro atoms. The summed E-state index contributed by atoms with van der Waals surface area (Å²) < 4.78 is 38.9. The maximum absolute atomic E-state index is 12.6. The number of hydrogen-bond donors (Lipinski definition) is 0. The molecule has 22 heavy (non-hydrogen) atoms. The Bertz CT molecular complexity index is 771. The highest BCUT2D eigenvalue weighted by Gasteiger charge is 2.30. The molecule has 116 valence electrons. The fraction of sp³-hybridized carbons (Fsp3) is 0.231. The van der Waals surface area contributed by atoms with Gasteiger partial charge < -0.3 is 0 Å². The van der Waals surface area contributed by atoms with Crippen LogP contribution in [-0.4, -0.2) is 27.3 Å². The Morgan fingerprint density at radius 3 is 2.68 bits per heavy atom. The van der Waals surface area contributed by atoms with Crippen LogP contribution in [-0.2, 0) is 6.18 Å². The van der Waals surface area contributed by atoms with E-state index in [9.17, 15) is 18.0 Å². The Morgan fingerprint density at radius 1 is 1.32 bits per heavy atom. The summed E-state index contributed by atoms with van der Waals surface area (Å²) in [6.07, 6.45) is -1.56. The number of thioether (sulfide) groups is 1. The van der Waals surface area contributed by atoms with Crippen LogP contribution in [0.2, 0.25) is 0 Å². The van der Waals surface area contributed by atoms with Crippen LogP contribution in [0.3, 0.4) is 0 Å². The van der Waals surface area contributed by atoms with Gasteiger partial charge in [0.25, 0.3) is 5.56 Å². The average molecular weight is 328 g/mol. The van der Waals surface area contributed by atoms with E-state index in [1.54, 1.807) is 6.26 Å². The van der Waals surface area contributed by atoms with Crippen LogP contribution in [0.4, 0.5) is 13.2 Å². The Kier molecular flexibility index (Phi) is 4.65. The molecule has 1 heterocycles. The SMILES string of the molecule is CSc1nnc(C)c(=O)n1/N=C\c1cccc(C(F)(F)F)c1. The van der Waals surface area contributed by atoms with Crippen molar-refractivity contribution in [1.82, 2.24) is 14.9 Å². The predicted molar refractivity (Wildman–Crippen MR) is 77.2 cm³/mol. The number of benzene rings is 1. The highest BCUT2D eigenvalue weighted by molar-refractivity contribution is 7.98. The Morgan fingerprint density at radius 2 is 2.05 bits per heavy atom. The zero-order valence-electron chi connectivity index (χ0n) is 11.6. The number of rotatable bonds is 3. The van der Waals surface area contributed by atoms with Crippen LogP contribution >= 0.6 is 11.8 Å². The van der Waals surface area contributed by atoms with Crippen LogP contribution < -0.4 is 5.56 Å². The minimum Gasteiger partial charge on any atom is -0.265 e. The molecule has 2 aromatic rings. The molecule has 2 rings (SSSR count). The molecule has 0 N–H and O–H groups in total. The molecular weight excluding hydrogens is 317 g/mol. The highest BCUT2D eigenvalue weighted by Crippen LogP contribution is 2.29. The van der Waals surface area contributed by atoms with E-state index in [1.807, 2.05) is 0 Å². The first-order valence-corrected chi connectivity index (χ1v) is 7.27. The number of aromatic nitrogens is 3. The normalized spacial score (nSPS) is 12.0. The molecule has 0 aliphatic heterocycles. The smallest absolute Gasteiger partial charge is 0.265 e. The number of aryl methyl sites for hydroxylation is 1. The van der Waals surface area contributed by atoms with Gasteiger partial charge in [0, 0.05) is 0 Å². The van der Waals surface area contributed by atoms with E-state index < -0.39 is 17.3 Å². The van der Waals surface area contributed by atoms with Gasteiger partial charge in [-0.25, -0.2) is 0 Å². The largest absolute Gasteiger partial charge is 0.416 e. The monoisotopic (exact) mass is 328 g/mol. The Labute approximate surface area is 127 Å². The summed E-state index contributed by atoms with van der Waals surface area (Å²) in [5.74, 6) is 0. The number of hydrogen-bond acceptors (Lipinski definition) is 5. The van der Waals surface area contributed by atoms with Gasteiger partial charge in [0.05, 0.1) is 11.8 Å².